The lowest BCUT2D eigenvalue weighted by Gasteiger charge is -2.15. The van der Waals surface area contributed by atoms with Crippen LogP contribution in [-0.2, 0) is 19.1 Å². The first-order valence-corrected chi connectivity index (χ1v) is 30.4. The van der Waals surface area contributed by atoms with Gasteiger partial charge in [-0.05, 0) is 122 Å². The highest BCUT2D eigenvalue weighted by Crippen LogP contribution is 2.14. The maximum atomic E-state index is 12.3. The van der Waals surface area contributed by atoms with Crippen LogP contribution in [0.1, 0.15) is 258 Å². The molecule has 0 spiro atoms. The zero-order chi connectivity index (χ0) is 53.4. The normalized spacial score (nSPS) is 13.3. The van der Waals surface area contributed by atoms with Crippen LogP contribution in [0.5, 0.6) is 0 Å². The van der Waals surface area contributed by atoms with E-state index in [-0.39, 0.29) is 25.2 Å². The van der Waals surface area contributed by atoms with Gasteiger partial charge in [0.1, 0.15) is 6.61 Å². The third kappa shape index (κ3) is 60.3. The average Bonchev–Trinajstić information content (AvgIpc) is 3.40. The van der Waals surface area contributed by atoms with Crippen LogP contribution in [-0.4, -0.2) is 36.4 Å². The lowest BCUT2D eigenvalue weighted by atomic mass is 10.1. The first-order chi connectivity index (χ1) is 36.6. The number of carbonyl (C=O) groups excluding carboxylic acids is 2. The Labute approximate surface area is 457 Å². The molecular weight excluding hydrogens is 909 g/mol. The Bertz CT molecular complexity index is 1580. The van der Waals surface area contributed by atoms with Gasteiger partial charge in [-0.15, -0.1) is 0 Å². The topological polar surface area (TPSA) is 72.8 Å². The monoisotopic (exact) mass is 1020 g/mol. The summed E-state index contributed by atoms with van der Waals surface area (Å²) in [5.74, 6) is -0.620. The minimum atomic E-state index is -0.794. The molecule has 0 fully saturated rings. The largest absolute Gasteiger partial charge is 0.462 e. The van der Waals surface area contributed by atoms with Crippen molar-refractivity contribution in [1.82, 2.24) is 0 Å². The third-order valence-corrected chi connectivity index (χ3v) is 12.6. The molecule has 0 aliphatic heterocycles. The molecule has 1 unspecified atom stereocenters. The maximum Gasteiger partial charge on any atom is 0.306 e. The summed E-state index contributed by atoms with van der Waals surface area (Å²) in [4.78, 5) is 24.5. The number of aliphatic hydroxyl groups is 1. The minimum absolute atomic E-state index is 0.0823. The van der Waals surface area contributed by atoms with Gasteiger partial charge in [-0.2, -0.15) is 0 Å². The van der Waals surface area contributed by atoms with Crippen molar-refractivity contribution in [3.05, 3.63) is 146 Å². The number of unbranched alkanes of at least 4 members (excludes halogenated alkanes) is 22. The van der Waals surface area contributed by atoms with Crippen LogP contribution in [0.15, 0.2) is 146 Å². The van der Waals surface area contributed by atoms with Gasteiger partial charge >= 0.3 is 11.9 Å². The predicted molar refractivity (Wildman–Crippen MR) is 324 cm³/mol. The van der Waals surface area contributed by atoms with Gasteiger partial charge < -0.3 is 14.6 Å². The molecule has 0 rings (SSSR count). The van der Waals surface area contributed by atoms with E-state index in [1.54, 1.807) is 0 Å². The minimum Gasteiger partial charge on any atom is -0.462 e. The Kier molecular flexibility index (Phi) is 59.5. The van der Waals surface area contributed by atoms with Crippen molar-refractivity contribution in [2.45, 2.75) is 264 Å². The average molecular weight is 1020 g/mol. The Balaban J connectivity index is 3.64. The van der Waals surface area contributed by atoms with Gasteiger partial charge in [0.25, 0.3) is 0 Å². The summed E-state index contributed by atoms with van der Waals surface area (Å²) in [6.07, 6.45) is 95.4. The highest BCUT2D eigenvalue weighted by molar-refractivity contribution is 5.70. The Hall–Kier alpha value is -4.22. The van der Waals surface area contributed by atoms with E-state index in [1.165, 1.54) is 103 Å². The van der Waals surface area contributed by atoms with Crippen LogP contribution >= 0.6 is 0 Å². The molecule has 0 amide bonds. The molecule has 1 N–H and O–H groups in total. The van der Waals surface area contributed by atoms with Crippen LogP contribution < -0.4 is 0 Å². The number of carbonyl (C=O) groups is 2. The first-order valence-electron chi connectivity index (χ1n) is 30.4. The molecule has 0 saturated carbocycles. The number of allylic oxidation sites excluding steroid dienone is 24. The fourth-order valence-corrected chi connectivity index (χ4v) is 8.08. The standard InChI is InChI=1S/C69H112O5/c1-3-5-7-9-11-13-15-17-19-21-23-25-26-27-28-29-30-31-32-33-34-35-36-37-38-39-40-41-42-44-46-48-50-52-54-56-58-60-62-64-69(72)74-67(65-70)66-73-68(71)63-61-59-57-55-53-51-49-47-45-43-24-22-20-18-16-14-12-10-8-6-4-2/h5,7,11,13,17,19,22-25,27-28,30-31,33-34,36-37,39-40,42,44,48,50,67,70H,3-4,6,8-10,12,14-16,18,20-21,26,29,32,35,38,41,43,45-47,49,51-66H2,1-2H3/b7-5-,13-11-,19-17-,24-22-,25-23-,28-27-,31-30-,34-33-,37-36-,40-39-,44-42-,50-48-. The van der Waals surface area contributed by atoms with Gasteiger partial charge in [0.15, 0.2) is 6.10 Å². The Morgan fingerprint density at radius 1 is 0.324 bits per heavy atom. The molecule has 0 heterocycles. The third-order valence-electron chi connectivity index (χ3n) is 12.6. The highest BCUT2D eigenvalue weighted by Gasteiger charge is 2.16. The van der Waals surface area contributed by atoms with Crippen molar-refractivity contribution in [1.29, 1.82) is 0 Å². The van der Waals surface area contributed by atoms with Crippen LogP contribution in [0.4, 0.5) is 0 Å². The fourth-order valence-electron chi connectivity index (χ4n) is 8.08. The number of aliphatic hydroxyl groups excluding tert-OH is 1. The summed E-state index contributed by atoms with van der Waals surface area (Å²) in [7, 11) is 0. The number of ether oxygens (including phenoxy) is 2. The zero-order valence-electron chi connectivity index (χ0n) is 47.8. The van der Waals surface area contributed by atoms with E-state index in [0.29, 0.717) is 12.8 Å². The molecule has 0 aliphatic rings. The van der Waals surface area contributed by atoms with Crippen LogP contribution in [0.25, 0.3) is 0 Å². The van der Waals surface area contributed by atoms with Crippen molar-refractivity contribution in [2.24, 2.45) is 0 Å². The molecule has 0 aromatic carbocycles. The number of rotatable bonds is 54. The molecule has 1 atom stereocenters. The van der Waals surface area contributed by atoms with E-state index in [0.717, 1.165) is 128 Å². The quantitative estimate of drug-likeness (QED) is 0.0373. The van der Waals surface area contributed by atoms with Crippen molar-refractivity contribution < 1.29 is 24.2 Å². The number of hydrogen-bond donors (Lipinski definition) is 1. The summed E-state index contributed by atoms with van der Waals surface area (Å²) in [5, 5.41) is 9.66. The van der Waals surface area contributed by atoms with E-state index < -0.39 is 6.10 Å². The molecule has 0 aliphatic carbocycles. The van der Waals surface area contributed by atoms with E-state index in [1.807, 2.05) is 0 Å². The molecule has 5 heteroatoms. The second-order valence-electron chi connectivity index (χ2n) is 19.7. The Morgan fingerprint density at radius 3 is 0.892 bits per heavy atom. The maximum absolute atomic E-state index is 12.3. The van der Waals surface area contributed by atoms with Crippen LogP contribution in [0.2, 0.25) is 0 Å². The van der Waals surface area contributed by atoms with Gasteiger partial charge in [0.2, 0.25) is 0 Å². The predicted octanol–water partition coefficient (Wildman–Crippen LogP) is 21.0. The van der Waals surface area contributed by atoms with Gasteiger partial charge in [0.05, 0.1) is 6.61 Å². The lowest BCUT2D eigenvalue weighted by molar-refractivity contribution is -0.161. The van der Waals surface area contributed by atoms with Crippen molar-refractivity contribution >= 4 is 11.9 Å². The summed E-state index contributed by atoms with van der Waals surface area (Å²) in [6, 6.07) is 0. The van der Waals surface area contributed by atoms with E-state index in [2.05, 4.69) is 160 Å². The molecule has 0 aromatic rings. The summed E-state index contributed by atoms with van der Waals surface area (Å²) in [5.41, 5.74) is 0. The zero-order valence-corrected chi connectivity index (χ0v) is 47.8. The molecular formula is C69H112O5. The summed E-state index contributed by atoms with van der Waals surface area (Å²) in [6.45, 7) is 4.01. The highest BCUT2D eigenvalue weighted by atomic mass is 16.6. The second kappa shape index (κ2) is 63.1. The van der Waals surface area contributed by atoms with Gasteiger partial charge in [0, 0.05) is 12.8 Å². The number of hydrogen-bond acceptors (Lipinski definition) is 5. The Morgan fingerprint density at radius 2 is 0.581 bits per heavy atom. The smallest absolute Gasteiger partial charge is 0.306 e. The van der Waals surface area contributed by atoms with Crippen LogP contribution in [0, 0.1) is 0 Å². The molecule has 5 nitrogen and oxygen atoms in total. The van der Waals surface area contributed by atoms with Crippen LogP contribution in [0.3, 0.4) is 0 Å². The molecule has 0 radical (unpaired) electrons. The van der Waals surface area contributed by atoms with Crippen molar-refractivity contribution in [2.75, 3.05) is 13.2 Å². The van der Waals surface area contributed by atoms with Gasteiger partial charge in [-0.3, -0.25) is 9.59 Å². The summed E-state index contributed by atoms with van der Waals surface area (Å²) >= 11 is 0. The summed E-state index contributed by atoms with van der Waals surface area (Å²) < 4.78 is 10.7. The molecule has 74 heavy (non-hydrogen) atoms. The molecule has 0 bridgehead atoms. The number of esters is 2. The van der Waals surface area contributed by atoms with Gasteiger partial charge in [-0.1, -0.05) is 269 Å². The molecule has 0 saturated heterocycles. The molecule has 418 valence electrons. The van der Waals surface area contributed by atoms with E-state index in [9.17, 15) is 14.7 Å². The first kappa shape index (κ1) is 69.8. The van der Waals surface area contributed by atoms with Crippen molar-refractivity contribution in [3.63, 3.8) is 0 Å². The second-order valence-corrected chi connectivity index (χ2v) is 19.7. The van der Waals surface area contributed by atoms with Crippen molar-refractivity contribution in [3.8, 4) is 0 Å². The van der Waals surface area contributed by atoms with E-state index in [4.69, 9.17) is 9.47 Å². The van der Waals surface area contributed by atoms with Gasteiger partial charge in [-0.25, -0.2) is 0 Å². The lowest BCUT2D eigenvalue weighted by Crippen LogP contribution is -2.28. The molecule has 0 aromatic heterocycles. The SMILES string of the molecule is CC/C=C\C/C=C\C/C=C\C/C=C\C/C=C\C/C=C\C/C=C\C/C=C\C/C=C\C/C=C\C/C=C\CCCCCCCC(=O)OC(CO)COC(=O)CCCCCCCCCCC/C=C\CCCCCCCCCC. The van der Waals surface area contributed by atoms with E-state index >= 15 is 0 Å². The fraction of sp³-hybridized carbons (Fsp3) is 0.623.